The summed E-state index contributed by atoms with van der Waals surface area (Å²) >= 11 is 0. The van der Waals surface area contributed by atoms with Crippen molar-refractivity contribution in [2.75, 3.05) is 39.6 Å². The molecule has 0 fully saturated rings. The van der Waals surface area contributed by atoms with Crippen molar-refractivity contribution >= 4 is 39.5 Å². The predicted octanol–water partition coefficient (Wildman–Crippen LogP) is 20.5. The second kappa shape index (κ2) is 64.4. The van der Waals surface area contributed by atoms with E-state index in [0.29, 0.717) is 25.7 Å². The van der Waals surface area contributed by atoms with E-state index in [9.17, 15) is 43.2 Å². The molecule has 0 spiro atoms. The van der Waals surface area contributed by atoms with Gasteiger partial charge in [0, 0.05) is 25.7 Å². The molecule has 0 aromatic heterocycles. The fourth-order valence-electron chi connectivity index (χ4n) is 10.8. The molecule has 0 saturated carbocycles. The van der Waals surface area contributed by atoms with Gasteiger partial charge in [-0.25, -0.2) is 9.13 Å². The molecule has 0 amide bonds. The van der Waals surface area contributed by atoms with Gasteiger partial charge in [-0.05, 0) is 31.6 Å². The number of hydrogen-bond donors (Lipinski definition) is 3. The second-order valence-electron chi connectivity index (χ2n) is 26.1. The molecule has 0 heterocycles. The van der Waals surface area contributed by atoms with Crippen molar-refractivity contribution in [3.05, 3.63) is 0 Å². The Bertz CT molecular complexity index is 1740. The molecule has 5 atom stereocenters. The summed E-state index contributed by atoms with van der Waals surface area (Å²) in [6.45, 7) is 7.26. The molecule has 19 heteroatoms. The highest BCUT2D eigenvalue weighted by molar-refractivity contribution is 7.47. The standard InChI is InChI=1S/C71H138O17P2/c1-6-9-12-15-18-21-23-27-32-35-40-45-50-55-69(74)82-61-67(88-71(76)57-52-47-42-37-33-29-26-24-25-28-31-34-38-43-48-53-64(4)5)63-86-90(79,80)84-59-65(72)58-83-89(77,78)85-62-66(60-81-68(73)54-49-44-39-20-17-14-11-8-3)87-70(75)56-51-46-41-36-30-22-19-16-13-10-7-2/h64-67,72H,6-63H2,1-5H3,(H,77,78)(H,79,80)/t65-,66+,67+/m0/s1. The van der Waals surface area contributed by atoms with Gasteiger partial charge < -0.3 is 33.8 Å². The molecule has 3 N–H and O–H groups in total. The van der Waals surface area contributed by atoms with Crippen LogP contribution in [0.1, 0.15) is 369 Å². The van der Waals surface area contributed by atoms with Gasteiger partial charge in [0.1, 0.15) is 19.3 Å². The minimum Gasteiger partial charge on any atom is -0.462 e. The Morgan fingerprint density at radius 2 is 0.511 bits per heavy atom. The maximum absolute atomic E-state index is 13.0. The first-order chi connectivity index (χ1) is 43.5. The highest BCUT2D eigenvalue weighted by Gasteiger charge is 2.30. The third-order valence-electron chi connectivity index (χ3n) is 16.5. The van der Waals surface area contributed by atoms with Crippen LogP contribution in [0.2, 0.25) is 0 Å². The van der Waals surface area contributed by atoms with E-state index >= 15 is 0 Å². The summed E-state index contributed by atoms with van der Waals surface area (Å²) in [6, 6.07) is 0. The Balaban J connectivity index is 5.20. The van der Waals surface area contributed by atoms with Gasteiger partial charge in [0.15, 0.2) is 12.2 Å². The monoisotopic (exact) mass is 1320 g/mol. The summed E-state index contributed by atoms with van der Waals surface area (Å²) in [4.78, 5) is 72.5. The molecule has 0 saturated heterocycles. The number of phosphoric ester groups is 2. The number of carbonyl (C=O) groups is 4. The van der Waals surface area contributed by atoms with E-state index < -0.39 is 97.5 Å². The molecule has 17 nitrogen and oxygen atoms in total. The van der Waals surface area contributed by atoms with Crippen LogP contribution in [0, 0.1) is 5.92 Å². The van der Waals surface area contributed by atoms with Crippen molar-refractivity contribution in [2.45, 2.75) is 387 Å². The molecule has 0 aliphatic carbocycles. The Morgan fingerprint density at radius 1 is 0.300 bits per heavy atom. The molecule has 2 unspecified atom stereocenters. The molecular weight excluding hydrogens is 1190 g/mol. The van der Waals surface area contributed by atoms with Crippen molar-refractivity contribution in [1.29, 1.82) is 0 Å². The summed E-state index contributed by atoms with van der Waals surface area (Å²) in [7, 11) is -9.90. The largest absolute Gasteiger partial charge is 0.472 e. The van der Waals surface area contributed by atoms with E-state index in [4.69, 9.17) is 37.0 Å². The van der Waals surface area contributed by atoms with E-state index in [-0.39, 0.29) is 25.7 Å². The lowest BCUT2D eigenvalue weighted by Gasteiger charge is -2.21. The van der Waals surface area contributed by atoms with Gasteiger partial charge in [0.2, 0.25) is 0 Å². The first-order valence-electron chi connectivity index (χ1n) is 37.1. The zero-order valence-electron chi connectivity index (χ0n) is 58.3. The SMILES string of the molecule is CCCCCCCCCCCCCCCC(=O)OC[C@H](COP(=O)(O)OC[C@@H](O)COP(=O)(O)OC[C@@H](COC(=O)CCCCCCCCCC)OC(=O)CCCCCCCCCCCCC)OC(=O)CCCCCCCCCCCCCCCCCC(C)C. The van der Waals surface area contributed by atoms with Crippen LogP contribution in [0.15, 0.2) is 0 Å². The maximum atomic E-state index is 13.0. The number of aliphatic hydroxyl groups is 1. The quantitative estimate of drug-likeness (QED) is 0.0222. The molecule has 0 aliphatic heterocycles. The Kier molecular flexibility index (Phi) is 63.0. The van der Waals surface area contributed by atoms with Crippen LogP contribution < -0.4 is 0 Å². The van der Waals surface area contributed by atoms with Crippen LogP contribution in [-0.4, -0.2) is 96.7 Å². The maximum Gasteiger partial charge on any atom is 0.472 e. The molecule has 90 heavy (non-hydrogen) atoms. The number of carbonyl (C=O) groups excluding carboxylic acids is 4. The fourth-order valence-corrected chi connectivity index (χ4v) is 12.4. The van der Waals surface area contributed by atoms with Crippen LogP contribution in [0.4, 0.5) is 0 Å². The van der Waals surface area contributed by atoms with Gasteiger partial charge in [-0.1, -0.05) is 317 Å². The molecule has 534 valence electrons. The number of unbranched alkanes of at least 4 members (excludes halogenated alkanes) is 43. The van der Waals surface area contributed by atoms with E-state index in [1.54, 1.807) is 0 Å². The van der Waals surface area contributed by atoms with E-state index in [1.807, 2.05) is 0 Å². The number of aliphatic hydroxyl groups excluding tert-OH is 1. The predicted molar refractivity (Wildman–Crippen MR) is 363 cm³/mol. The van der Waals surface area contributed by atoms with Crippen LogP contribution in [0.25, 0.3) is 0 Å². The minimum atomic E-state index is -4.95. The zero-order chi connectivity index (χ0) is 66.3. The summed E-state index contributed by atoms with van der Waals surface area (Å²) < 4.78 is 68.2. The van der Waals surface area contributed by atoms with Crippen molar-refractivity contribution in [2.24, 2.45) is 5.92 Å². The molecule has 0 rings (SSSR count). The van der Waals surface area contributed by atoms with Crippen molar-refractivity contribution in [3.8, 4) is 0 Å². The van der Waals surface area contributed by atoms with Crippen LogP contribution >= 0.6 is 15.6 Å². The van der Waals surface area contributed by atoms with Gasteiger partial charge in [-0.3, -0.25) is 37.3 Å². The average Bonchev–Trinajstić information content (AvgIpc) is 2.61. The number of esters is 4. The lowest BCUT2D eigenvalue weighted by atomic mass is 10.0. The van der Waals surface area contributed by atoms with Gasteiger partial charge >= 0.3 is 39.5 Å². The molecular formula is C71H138O17P2. The van der Waals surface area contributed by atoms with Crippen molar-refractivity contribution in [1.82, 2.24) is 0 Å². The van der Waals surface area contributed by atoms with E-state index in [1.165, 1.54) is 186 Å². The molecule has 0 bridgehead atoms. The van der Waals surface area contributed by atoms with Crippen LogP contribution in [-0.2, 0) is 65.4 Å². The first-order valence-corrected chi connectivity index (χ1v) is 40.1. The molecule has 0 aromatic carbocycles. The third-order valence-corrected chi connectivity index (χ3v) is 18.4. The minimum absolute atomic E-state index is 0.107. The molecule has 0 radical (unpaired) electrons. The first kappa shape index (κ1) is 88.1. The van der Waals surface area contributed by atoms with Crippen molar-refractivity contribution in [3.63, 3.8) is 0 Å². The van der Waals surface area contributed by atoms with Crippen LogP contribution in [0.3, 0.4) is 0 Å². The number of phosphoric acid groups is 2. The Hall–Kier alpha value is -1.94. The van der Waals surface area contributed by atoms with Gasteiger partial charge in [0.25, 0.3) is 0 Å². The smallest absolute Gasteiger partial charge is 0.462 e. The summed E-state index contributed by atoms with van der Waals surface area (Å²) in [5, 5.41) is 10.6. The van der Waals surface area contributed by atoms with E-state index in [2.05, 4.69) is 34.6 Å². The van der Waals surface area contributed by atoms with Gasteiger partial charge in [-0.15, -0.1) is 0 Å². The molecule has 0 aliphatic rings. The lowest BCUT2D eigenvalue weighted by Crippen LogP contribution is -2.30. The summed E-state index contributed by atoms with van der Waals surface area (Å²) in [5.74, 6) is -1.32. The number of ether oxygens (including phenoxy) is 4. The van der Waals surface area contributed by atoms with Gasteiger partial charge in [0.05, 0.1) is 26.4 Å². The van der Waals surface area contributed by atoms with Gasteiger partial charge in [-0.2, -0.15) is 0 Å². The molecule has 0 aromatic rings. The third kappa shape index (κ3) is 64.8. The highest BCUT2D eigenvalue weighted by atomic mass is 31.2. The number of rotatable bonds is 71. The van der Waals surface area contributed by atoms with E-state index in [0.717, 1.165) is 102 Å². The summed E-state index contributed by atoms with van der Waals surface area (Å²) in [6.07, 6.45) is 51.3. The summed E-state index contributed by atoms with van der Waals surface area (Å²) in [5.41, 5.74) is 0. The zero-order valence-corrected chi connectivity index (χ0v) is 60.1. The highest BCUT2D eigenvalue weighted by Crippen LogP contribution is 2.45. The number of hydrogen-bond acceptors (Lipinski definition) is 15. The lowest BCUT2D eigenvalue weighted by molar-refractivity contribution is -0.161. The Morgan fingerprint density at radius 3 is 0.756 bits per heavy atom. The topological polar surface area (TPSA) is 237 Å². The Labute approximate surface area is 549 Å². The second-order valence-corrected chi connectivity index (χ2v) is 29.0. The van der Waals surface area contributed by atoms with Crippen LogP contribution in [0.5, 0.6) is 0 Å². The normalized spacial score (nSPS) is 14.1. The average molecular weight is 1330 g/mol. The van der Waals surface area contributed by atoms with Crippen molar-refractivity contribution < 1.29 is 80.2 Å². The fraction of sp³-hybridized carbons (Fsp3) is 0.944.